The number of nitrogens with one attached hydrogen (secondary N) is 1. The smallest absolute Gasteiger partial charge is 0.0135 e. The Balaban J connectivity index is 2.68. The van der Waals surface area contributed by atoms with E-state index in [-0.39, 0.29) is 0 Å². The molecule has 0 fully saturated rings. The fraction of sp³-hybridized carbons (Fsp3) is 0.273. The van der Waals surface area contributed by atoms with Crippen molar-refractivity contribution >= 4 is 6.08 Å². The SMILES string of the molecule is CNC/C=C/c1ccccc1C. The molecule has 1 N–H and O–H groups in total. The number of benzene rings is 1. The van der Waals surface area contributed by atoms with Crippen LogP contribution in [0, 0.1) is 6.92 Å². The second-order valence-corrected chi connectivity index (χ2v) is 2.82. The Morgan fingerprint density at radius 3 is 2.75 bits per heavy atom. The van der Waals surface area contributed by atoms with Crippen LogP contribution in [0.4, 0.5) is 0 Å². The van der Waals surface area contributed by atoms with Gasteiger partial charge in [-0.25, -0.2) is 0 Å². The quantitative estimate of drug-likeness (QED) is 0.716. The maximum absolute atomic E-state index is 3.07. The molecule has 1 rings (SSSR count). The summed E-state index contributed by atoms with van der Waals surface area (Å²) in [5.74, 6) is 0. The van der Waals surface area contributed by atoms with Crippen LogP contribution in [-0.4, -0.2) is 13.6 Å². The molecule has 0 aromatic heterocycles. The van der Waals surface area contributed by atoms with Gasteiger partial charge in [-0.1, -0.05) is 36.4 Å². The van der Waals surface area contributed by atoms with Crippen LogP contribution >= 0.6 is 0 Å². The topological polar surface area (TPSA) is 12.0 Å². The summed E-state index contributed by atoms with van der Waals surface area (Å²) < 4.78 is 0. The maximum atomic E-state index is 3.07. The molecule has 0 aliphatic heterocycles. The van der Waals surface area contributed by atoms with Crippen LogP contribution in [-0.2, 0) is 0 Å². The molecule has 12 heavy (non-hydrogen) atoms. The normalized spacial score (nSPS) is 10.8. The van der Waals surface area contributed by atoms with Gasteiger partial charge >= 0.3 is 0 Å². The van der Waals surface area contributed by atoms with E-state index in [1.54, 1.807) is 0 Å². The first-order valence-electron chi connectivity index (χ1n) is 4.21. The predicted molar refractivity (Wildman–Crippen MR) is 54.1 cm³/mol. The lowest BCUT2D eigenvalue weighted by Gasteiger charge is -1.97. The Kier molecular flexibility index (Phi) is 3.55. The number of hydrogen-bond acceptors (Lipinski definition) is 1. The van der Waals surface area contributed by atoms with E-state index < -0.39 is 0 Å². The van der Waals surface area contributed by atoms with E-state index in [4.69, 9.17) is 0 Å². The van der Waals surface area contributed by atoms with Gasteiger partial charge in [0, 0.05) is 6.54 Å². The van der Waals surface area contributed by atoms with E-state index in [0.29, 0.717) is 0 Å². The van der Waals surface area contributed by atoms with Crippen LogP contribution in [0.25, 0.3) is 6.08 Å². The lowest BCUT2D eigenvalue weighted by atomic mass is 10.1. The van der Waals surface area contributed by atoms with E-state index in [9.17, 15) is 0 Å². The van der Waals surface area contributed by atoms with Gasteiger partial charge in [0.15, 0.2) is 0 Å². The monoisotopic (exact) mass is 161 g/mol. The molecular weight excluding hydrogens is 146 g/mol. The molecule has 0 aliphatic carbocycles. The summed E-state index contributed by atoms with van der Waals surface area (Å²) in [6, 6.07) is 8.37. The summed E-state index contributed by atoms with van der Waals surface area (Å²) in [5.41, 5.74) is 2.62. The molecule has 0 bridgehead atoms. The van der Waals surface area contributed by atoms with Gasteiger partial charge in [-0.15, -0.1) is 0 Å². The van der Waals surface area contributed by atoms with Crippen molar-refractivity contribution in [2.75, 3.05) is 13.6 Å². The van der Waals surface area contributed by atoms with Crippen LogP contribution in [0.3, 0.4) is 0 Å². The Hall–Kier alpha value is -1.08. The molecule has 0 aliphatic rings. The van der Waals surface area contributed by atoms with Crippen molar-refractivity contribution in [3.05, 3.63) is 41.5 Å². The number of likely N-dealkylation sites (N-methyl/N-ethyl adjacent to an activating group) is 1. The molecule has 0 saturated carbocycles. The largest absolute Gasteiger partial charge is 0.316 e. The van der Waals surface area contributed by atoms with E-state index in [1.165, 1.54) is 11.1 Å². The third-order valence-electron chi connectivity index (χ3n) is 1.81. The first-order valence-corrected chi connectivity index (χ1v) is 4.21. The molecule has 64 valence electrons. The Bertz CT molecular complexity index is 263. The van der Waals surface area contributed by atoms with Crippen molar-refractivity contribution in [2.24, 2.45) is 0 Å². The molecule has 0 radical (unpaired) electrons. The molecule has 1 aromatic carbocycles. The minimum atomic E-state index is 0.925. The highest BCUT2D eigenvalue weighted by Gasteiger charge is 1.88. The highest BCUT2D eigenvalue weighted by molar-refractivity contribution is 5.53. The van der Waals surface area contributed by atoms with Crippen molar-refractivity contribution in [2.45, 2.75) is 6.92 Å². The summed E-state index contributed by atoms with van der Waals surface area (Å²) in [5, 5.41) is 3.07. The molecule has 0 amide bonds. The van der Waals surface area contributed by atoms with Gasteiger partial charge in [0.25, 0.3) is 0 Å². The zero-order valence-electron chi connectivity index (χ0n) is 7.67. The third-order valence-corrected chi connectivity index (χ3v) is 1.81. The van der Waals surface area contributed by atoms with E-state index in [0.717, 1.165) is 6.54 Å². The average molecular weight is 161 g/mol. The zero-order valence-corrected chi connectivity index (χ0v) is 7.67. The number of aryl methyl sites for hydroxylation is 1. The number of rotatable bonds is 3. The van der Waals surface area contributed by atoms with Gasteiger partial charge in [0.2, 0.25) is 0 Å². The predicted octanol–water partition coefficient (Wildman–Crippen LogP) is 2.23. The van der Waals surface area contributed by atoms with Gasteiger partial charge in [-0.05, 0) is 25.1 Å². The molecule has 1 nitrogen and oxygen atoms in total. The molecular formula is C11H15N. The molecule has 0 saturated heterocycles. The summed E-state index contributed by atoms with van der Waals surface area (Å²) in [7, 11) is 1.95. The summed E-state index contributed by atoms with van der Waals surface area (Å²) >= 11 is 0. The number of hydrogen-bond donors (Lipinski definition) is 1. The maximum Gasteiger partial charge on any atom is 0.0135 e. The molecule has 0 atom stereocenters. The minimum Gasteiger partial charge on any atom is -0.316 e. The van der Waals surface area contributed by atoms with Crippen LogP contribution in [0.2, 0.25) is 0 Å². The minimum absolute atomic E-state index is 0.925. The van der Waals surface area contributed by atoms with Gasteiger partial charge in [-0.2, -0.15) is 0 Å². The van der Waals surface area contributed by atoms with Gasteiger partial charge in [0.1, 0.15) is 0 Å². The Labute approximate surface area is 74.1 Å². The van der Waals surface area contributed by atoms with Crippen molar-refractivity contribution in [3.8, 4) is 0 Å². The van der Waals surface area contributed by atoms with Crippen LogP contribution < -0.4 is 5.32 Å². The first kappa shape index (κ1) is 9.01. The van der Waals surface area contributed by atoms with E-state index in [1.807, 2.05) is 7.05 Å². The summed E-state index contributed by atoms with van der Waals surface area (Å²) in [6.07, 6.45) is 4.27. The second-order valence-electron chi connectivity index (χ2n) is 2.82. The molecule has 0 heterocycles. The van der Waals surface area contributed by atoms with Crippen LogP contribution in [0.1, 0.15) is 11.1 Å². The Morgan fingerprint density at radius 2 is 2.08 bits per heavy atom. The lowest BCUT2D eigenvalue weighted by Crippen LogP contribution is -2.03. The van der Waals surface area contributed by atoms with Crippen molar-refractivity contribution in [3.63, 3.8) is 0 Å². The standard InChI is InChI=1S/C11H15N/c1-10-6-3-4-7-11(10)8-5-9-12-2/h3-8,12H,9H2,1-2H3/b8-5+. The average Bonchev–Trinajstić information content (AvgIpc) is 2.09. The van der Waals surface area contributed by atoms with Crippen molar-refractivity contribution < 1.29 is 0 Å². The highest BCUT2D eigenvalue weighted by Crippen LogP contribution is 2.07. The van der Waals surface area contributed by atoms with E-state index >= 15 is 0 Å². The highest BCUT2D eigenvalue weighted by atomic mass is 14.8. The Morgan fingerprint density at radius 1 is 1.33 bits per heavy atom. The van der Waals surface area contributed by atoms with E-state index in [2.05, 4.69) is 48.7 Å². The summed E-state index contributed by atoms with van der Waals surface area (Å²) in [4.78, 5) is 0. The van der Waals surface area contributed by atoms with Crippen LogP contribution in [0.5, 0.6) is 0 Å². The summed E-state index contributed by atoms with van der Waals surface area (Å²) in [6.45, 7) is 3.05. The zero-order chi connectivity index (χ0) is 8.81. The van der Waals surface area contributed by atoms with Gasteiger partial charge < -0.3 is 5.32 Å². The second kappa shape index (κ2) is 4.73. The fourth-order valence-electron chi connectivity index (χ4n) is 1.08. The lowest BCUT2D eigenvalue weighted by molar-refractivity contribution is 0.922. The van der Waals surface area contributed by atoms with Gasteiger partial charge in [0.05, 0.1) is 0 Å². The molecule has 1 heteroatoms. The first-order chi connectivity index (χ1) is 5.84. The molecule has 0 unspecified atom stereocenters. The molecule has 1 aromatic rings. The van der Waals surface area contributed by atoms with Crippen molar-refractivity contribution in [1.82, 2.24) is 5.32 Å². The molecule has 0 spiro atoms. The van der Waals surface area contributed by atoms with Crippen LogP contribution in [0.15, 0.2) is 30.3 Å². The van der Waals surface area contributed by atoms with Gasteiger partial charge in [-0.3, -0.25) is 0 Å². The fourth-order valence-corrected chi connectivity index (χ4v) is 1.08. The van der Waals surface area contributed by atoms with Crippen molar-refractivity contribution in [1.29, 1.82) is 0 Å². The third kappa shape index (κ3) is 2.51.